The van der Waals surface area contributed by atoms with Gasteiger partial charge in [0.2, 0.25) is 0 Å². The Morgan fingerprint density at radius 3 is 2.27 bits per heavy atom. The molecule has 0 amide bonds. The van der Waals surface area contributed by atoms with Crippen LogP contribution in [0.25, 0.3) is 0 Å². The quantitative estimate of drug-likeness (QED) is 0.292. The van der Waals surface area contributed by atoms with Gasteiger partial charge in [0, 0.05) is 0 Å². The molecule has 0 spiro atoms. The molecule has 5 heteroatoms. The summed E-state index contributed by atoms with van der Waals surface area (Å²) in [5.74, 6) is -0.464. The summed E-state index contributed by atoms with van der Waals surface area (Å²) in [5, 5.41) is 0. The summed E-state index contributed by atoms with van der Waals surface area (Å²) < 4.78 is 15.4. The Morgan fingerprint density at radius 1 is 0.885 bits per heavy atom. The summed E-state index contributed by atoms with van der Waals surface area (Å²) in [6.45, 7) is 5.88. The second kappa shape index (κ2) is 13.3. The molecule has 1 rings (SSSR count). The van der Waals surface area contributed by atoms with Gasteiger partial charge in [-0.3, -0.25) is 0 Å². The number of esters is 2. The summed E-state index contributed by atoms with van der Waals surface area (Å²) in [4.78, 5) is 23.3. The number of aryl methyl sites for hydroxylation is 2. The molecule has 146 valence electrons. The van der Waals surface area contributed by atoms with Crippen molar-refractivity contribution in [3.8, 4) is 5.75 Å². The van der Waals surface area contributed by atoms with Crippen LogP contribution in [-0.4, -0.2) is 31.8 Å². The molecule has 0 heterocycles. The molecule has 0 bridgehead atoms. The molecule has 0 aromatic heterocycles. The van der Waals surface area contributed by atoms with E-state index in [9.17, 15) is 9.59 Å². The van der Waals surface area contributed by atoms with Gasteiger partial charge in [-0.1, -0.05) is 57.6 Å². The summed E-state index contributed by atoms with van der Waals surface area (Å²) in [6, 6.07) is 5.63. The molecule has 0 aliphatic carbocycles. The van der Waals surface area contributed by atoms with Crippen LogP contribution >= 0.6 is 0 Å². The molecule has 1 aromatic carbocycles. The minimum atomic E-state index is -0.529. The Morgan fingerprint density at radius 2 is 1.54 bits per heavy atom. The lowest BCUT2D eigenvalue weighted by molar-refractivity contribution is -0.152. The van der Waals surface area contributed by atoms with Gasteiger partial charge in [0.15, 0.2) is 0 Å². The Bertz CT molecular complexity index is 553. The first-order valence-corrected chi connectivity index (χ1v) is 9.54. The van der Waals surface area contributed by atoms with Crippen LogP contribution in [0.15, 0.2) is 18.2 Å². The first-order chi connectivity index (χ1) is 12.5. The number of carbonyl (C=O) groups excluding carboxylic acids is 2. The van der Waals surface area contributed by atoms with Gasteiger partial charge in [-0.05, 0) is 37.5 Å². The largest absolute Gasteiger partial charge is 0.464 e. The fraction of sp³-hybridized carbons (Fsp3) is 0.619. The first-order valence-electron chi connectivity index (χ1n) is 9.54. The van der Waals surface area contributed by atoms with Gasteiger partial charge in [-0.15, -0.1) is 0 Å². The zero-order chi connectivity index (χ0) is 19.2. The maximum Gasteiger partial charge on any atom is 0.337 e. The average Bonchev–Trinajstić information content (AvgIpc) is 2.60. The van der Waals surface area contributed by atoms with Crippen LogP contribution in [0.4, 0.5) is 0 Å². The van der Waals surface area contributed by atoms with E-state index in [4.69, 9.17) is 14.2 Å². The number of hydrogen-bond donors (Lipinski definition) is 0. The van der Waals surface area contributed by atoms with Crippen LogP contribution < -0.4 is 4.74 Å². The van der Waals surface area contributed by atoms with E-state index >= 15 is 0 Å². The Labute approximate surface area is 157 Å². The highest BCUT2D eigenvalue weighted by atomic mass is 16.6. The molecule has 1 aromatic rings. The highest BCUT2D eigenvalue weighted by Gasteiger charge is 2.10. The van der Waals surface area contributed by atoms with Crippen LogP contribution in [0.5, 0.6) is 5.75 Å². The number of hydrogen-bond acceptors (Lipinski definition) is 5. The third-order valence-electron chi connectivity index (χ3n) is 4.02. The van der Waals surface area contributed by atoms with Crippen molar-refractivity contribution in [2.75, 3.05) is 19.8 Å². The summed E-state index contributed by atoms with van der Waals surface area (Å²) in [5.41, 5.74) is 1.88. The van der Waals surface area contributed by atoms with Crippen LogP contribution in [0.2, 0.25) is 0 Å². The van der Waals surface area contributed by atoms with Gasteiger partial charge in [0.1, 0.15) is 19.0 Å². The number of rotatable bonds is 13. The third kappa shape index (κ3) is 10.2. The van der Waals surface area contributed by atoms with Crippen molar-refractivity contribution >= 4 is 11.9 Å². The summed E-state index contributed by atoms with van der Waals surface area (Å²) in [7, 11) is 0. The highest BCUT2D eigenvalue weighted by Crippen LogP contribution is 2.19. The van der Waals surface area contributed by atoms with E-state index in [1.165, 1.54) is 32.1 Å². The van der Waals surface area contributed by atoms with Crippen molar-refractivity contribution in [1.82, 2.24) is 0 Å². The maximum absolute atomic E-state index is 11.8. The van der Waals surface area contributed by atoms with Crippen LogP contribution in [0.1, 0.15) is 63.0 Å². The van der Waals surface area contributed by atoms with E-state index in [1.54, 1.807) is 6.07 Å². The van der Waals surface area contributed by atoms with Gasteiger partial charge < -0.3 is 14.2 Å². The minimum Gasteiger partial charge on any atom is -0.464 e. The van der Waals surface area contributed by atoms with Crippen molar-refractivity contribution < 1.29 is 23.8 Å². The molecule has 0 fully saturated rings. The van der Waals surface area contributed by atoms with Gasteiger partial charge >= 0.3 is 11.9 Å². The smallest absolute Gasteiger partial charge is 0.337 e. The molecule has 0 aliphatic heterocycles. The fourth-order valence-electron chi connectivity index (χ4n) is 2.47. The van der Waals surface area contributed by atoms with Crippen molar-refractivity contribution in [3.63, 3.8) is 0 Å². The first kappa shape index (κ1) is 22.2. The summed E-state index contributed by atoms with van der Waals surface area (Å²) in [6.07, 6.45) is 8.18. The minimum absolute atomic E-state index is 0.238. The molecule has 0 atom stereocenters. The average molecular weight is 364 g/mol. The molecule has 26 heavy (non-hydrogen) atoms. The number of carbonyl (C=O) groups is 2. The van der Waals surface area contributed by atoms with E-state index in [0.29, 0.717) is 12.4 Å². The van der Waals surface area contributed by atoms with Crippen molar-refractivity contribution in [2.24, 2.45) is 0 Å². The Kier molecular flexibility index (Phi) is 11.4. The van der Waals surface area contributed by atoms with Crippen molar-refractivity contribution in [3.05, 3.63) is 29.3 Å². The number of unbranched alkanes of at least 4 members (excludes halogenated alkanes) is 6. The third-order valence-corrected chi connectivity index (χ3v) is 4.02. The lowest BCUT2D eigenvalue weighted by atomic mass is 10.1. The van der Waals surface area contributed by atoms with Crippen molar-refractivity contribution in [2.45, 2.75) is 65.7 Å². The predicted octanol–water partition coefficient (Wildman–Crippen LogP) is 4.52. The second-order valence-electron chi connectivity index (χ2n) is 6.58. The number of ether oxygens (including phenoxy) is 3. The van der Waals surface area contributed by atoms with E-state index < -0.39 is 11.9 Å². The van der Waals surface area contributed by atoms with E-state index in [1.807, 2.05) is 26.0 Å². The van der Waals surface area contributed by atoms with E-state index in [-0.39, 0.29) is 13.2 Å². The topological polar surface area (TPSA) is 61.8 Å². The molecular formula is C21H32O5. The van der Waals surface area contributed by atoms with Crippen molar-refractivity contribution in [1.29, 1.82) is 0 Å². The molecule has 0 saturated carbocycles. The van der Waals surface area contributed by atoms with Gasteiger partial charge in [-0.25, -0.2) is 9.59 Å². The van der Waals surface area contributed by atoms with Gasteiger partial charge in [0.05, 0.1) is 6.61 Å². The Hall–Kier alpha value is -1.88. The molecule has 0 aliphatic rings. The molecular weight excluding hydrogens is 332 g/mol. The van der Waals surface area contributed by atoms with E-state index in [2.05, 4.69) is 6.92 Å². The molecule has 0 N–H and O–H groups in total. The standard InChI is InChI=1S/C21H32O5/c1-4-5-6-7-8-9-10-13-25-20(22)15-24-16-21(23)26-19-14-17(2)11-12-18(19)3/h11-12,14H,4-10,13,15-16H2,1-3H3. The predicted molar refractivity (Wildman–Crippen MR) is 101 cm³/mol. The normalized spacial score (nSPS) is 10.6. The van der Waals surface area contributed by atoms with Gasteiger partial charge in [0.25, 0.3) is 0 Å². The van der Waals surface area contributed by atoms with Crippen LogP contribution in [-0.2, 0) is 19.1 Å². The highest BCUT2D eigenvalue weighted by molar-refractivity contribution is 5.75. The van der Waals surface area contributed by atoms with Crippen LogP contribution in [0.3, 0.4) is 0 Å². The SMILES string of the molecule is CCCCCCCCCOC(=O)COCC(=O)Oc1cc(C)ccc1C. The number of benzene rings is 1. The molecule has 5 nitrogen and oxygen atoms in total. The van der Waals surface area contributed by atoms with Crippen LogP contribution in [0, 0.1) is 13.8 Å². The molecule has 0 radical (unpaired) electrons. The maximum atomic E-state index is 11.8. The zero-order valence-corrected chi connectivity index (χ0v) is 16.3. The van der Waals surface area contributed by atoms with Gasteiger partial charge in [-0.2, -0.15) is 0 Å². The molecule has 0 saturated heterocycles. The lowest BCUT2D eigenvalue weighted by Gasteiger charge is -2.09. The molecule has 0 unspecified atom stereocenters. The Balaban J connectivity index is 2.06. The summed E-state index contributed by atoms with van der Waals surface area (Å²) >= 11 is 0. The fourth-order valence-corrected chi connectivity index (χ4v) is 2.47. The van der Waals surface area contributed by atoms with E-state index in [0.717, 1.165) is 24.0 Å². The monoisotopic (exact) mass is 364 g/mol. The lowest BCUT2D eigenvalue weighted by Crippen LogP contribution is -2.20. The zero-order valence-electron chi connectivity index (χ0n) is 16.3. The second-order valence-corrected chi connectivity index (χ2v) is 6.58.